The van der Waals surface area contributed by atoms with Gasteiger partial charge in [0.05, 0.1) is 16.4 Å². The Labute approximate surface area is 187 Å². The van der Waals surface area contributed by atoms with Crippen molar-refractivity contribution >= 4 is 17.3 Å². The third-order valence-corrected chi connectivity index (χ3v) is 5.78. The van der Waals surface area contributed by atoms with E-state index in [9.17, 15) is 0 Å². The van der Waals surface area contributed by atoms with Gasteiger partial charge in [-0.15, -0.1) is 10.2 Å². The first-order chi connectivity index (χ1) is 15.1. The topological polar surface area (TPSA) is 70.6 Å². The molecular weight excluding hydrogens is 408 g/mol. The first kappa shape index (κ1) is 21.0. The third-order valence-electron chi connectivity index (χ3n) is 5.37. The van der Waals surface area contributed by atoms with E-state index in [-0.39, 0.29) is 0 Å². The molecule has 0 spiro atoms. The van der Waals surface area contributed by atoms with Gasteiger partial charge in [-0.3, -0.25) is 4.98 Å². The second-order valence-corrected chi connectivity index (χ2v) is 7.81. The second kappa shape index (κ2) is 9.27. The smallest absolute Gasteiger partial charge is 0.205 e. The average Bonchev–Trinajstić information content (AvgIpc) is 3.34. The number of hydrogen-bond acceptors (Lipinski definition) is 5. The molecule has 0 fully saturated rings. The van der Waals surface area contributed by atoms with Crippen molar-refractivity contribution in [2.24, 2.45) is 0 Å². The number of aromatic nitrogens is 5. The molecule has 0 bridgehead atoms. The number of nitrogens with one attached hydrogen (secondary N) is 1. The van der Waals surface area contributed by atoms with Crippen molar-refractivity contribution in [3.63, 3.8) is 0 Å². The maximum atomic E-state index is 6.65. The first-order valence-corrected chi connectivity index (χ1v) is 10.8. The number of benzene rings is 2. The van der Waals surface area contributed by atoms with Gasteiger partial charge in [0, 0.05) is 24.8 Å². The van der Waals surface area contributed by atoms with Gasteiger partial charge in [0.1, 0.15) is 0 Å². The lowest BCUT2D eigenvalue weighted by atomic mass is 9.98. The molecule has 158 valence electrons. The maximum absolute atomic E-state index is 6.65. The van der Waals surface area contributed by atoms with Crippen molar-refractivity contribution in [2.45, 2.75) is 33.2 Å². The Kier molecular flexibility index (Phi) is 6.28. The van der Waals surface area contributed by atoms with Crippen molar-refractivity contribution in [1.82, 2.24) is 25.6 Å². The Morgan fingerprint density at radius 3 is 2.35 bits per heavy atom. The van der Waals surface area contributed by atoms with Crippen molar-refractivity contribution in [3.05, 3.63) is 76.6 Å². The molecule has 0 aliphatic rings. The van der Waals surface area contributed by atoms with Crippen LogP contribution in [0.3, 0.4) is 0 Å². The molecule has 4 rings (SSSR count). The van der Waals surface area contributed by atoms with E-state index in [4.69, 9.17) is 11.6 Å². The van der Waals surface area contributed by atoms with Crippen LogP contribution < -0.4 is 4.90 Å². The number of rotatable bonds is 7. The minimum Gasteiger partial charge on any atom is -0.369 e. The summed E-state index contributed by atoms with van der Waals surface area (Å²) in [5, 5.41) is 15.2. The fourth-order valence-electron chi connectivity index (χ4n) is 3.67. The van der Waals surface area contributed by atoms with Crippen LogP contribution in [-0.2, 0) is 19.4 Å². The van der Waals surface area contributed by atoms with Crippen LogP contribution >= 0.6 is 11.6 Å². The van der Waals surface area contributed by atoms with Crippen molar-refractivity contribution in [2.75, 3.05) is 11.9 Å². The van der Waals surface area contributed by atoms with Crippen LogP contribution in [0.15, 0.2) is 54.6 Å². The fraction of sp³-hybridized carbons (Fsp3) is 0.250. The minimum absolute atomic E-state index is 0.588. The highest BCUT2D eigenvalue weighted by Crippen LogP contribution is 2.32. The van der Waals surface area contributed by atoms with Crippen LogP contribution in [0, 0.1) is 0 Å². The van der Waals surface area contributed by atoms with Gasteiger partial charge in [-0.2, -0.15) is 5.21 Å². The summed E-state index contributed by atoms with van der Waals surface area (Å²) in [7, 11) is 2.07. The molecule has 0 amide bonds. The largest absolute Gasteiger partial charge is 0.369 e. The van der Waals surface area contributed by atoms with Crippen molar-refractivity contribution in [3.8, 4) is 22.5 Å². The first-order valence-electron chi connectivity index (χ1n) is 10.4. The van der Waals surface area contributed by atoms with Crippen LogP contribution in [0.4, 0.5) is 5.69 Å². The van der Waals surface area contributed by atoms with E-state index in [0.717, 1.165) is 58.2 Å². The summed E-state index contributed by atoms with van der Waals surface area (Å²) >= 11 is 6.65. The summed E-state index contributed by atoms with van der Waals surface area (Å²) in [6.45, 7) is 4.95. The molecule has 0 atom stereocenters. The number of tetrazole rings is 1. The van der Waals surface area contributed by atoms with Gasteiger partial charge in [-0.1, -0.05) is 74.0 Å². The lowest BCUT2D eigenvalue weighted by molar-refractivity contribution is 0.881. The van der Waals surface area contributed by atoms with E-state index in [2.05, 4.69) is 87.8 Å². The summed E-state index contributed by atoms with van der Waals surface area (Å²) < 4.78 is 0. The van der Waals surface area contributed by atoms with Gasteiger partial charge in [0.2, 0.25) is 5.82 Å². The van der Waals surface area contributed by atoms with E-state index in [1.807, 2.05) is 18.2 Å². The highest BCUT2D eigenvalue weighted by atomic mass is 35.5. The molecule has 2 aromatic carbocycles. The van der Waals surface area contributed by atoms with Crippen LogP contribution in [0.1, 0.15) is 30.8 Å². The molecule has 0 saturated heterocycles. The molecular formula is C24H25ClN6. The van der Waals surface area contributed by atoms with Gasteiger partial charge >= 0.3 is 0 Å². The highest BCUT2D eigenvalue weighted by Gasteiger charge is 2.14. The zero-order valence-corrected chi connectivity index (χ0v) is 18.7. The standard InChI is InChI=1S/C24H25ClN6/c1-4-18-14-22(23(25)21(5-2)26-18)31(3)15-16-10-12-17(13-11-16)19-8-6-7-9-20(19)24-27-29-30-28-24/h6-14H,4-5,15H2,1-3H3,(H,27,28,29,30). The number of hydrogen-bond donors (Lipinski definition) is 1. The van der Waals surface area contributed by atoms with Gasteiger partial charge in [-0.25, -0.2) is 0 Å². The lowest BCUT2D eigenvalue weighted by Gasteiger charge is -2.23. The molecule has 0 unspecified atom stereocenters. The molecule has 2 aromatic heterocycles. The summed E-state index contributed by atoms with van der Waals surface area (Å²) in [5.41, 5.74) is 7.37. The van der Waals surface area contributed by atoms with Gasteiger partial charge < -0.3 is 4.90 Å². The molecule has 0 aliphatic carbocycles. The van der Waals surface area contributed by atoms with Crippen molar-refractivity contribution < 1.29 is 0 Å². The predicted molar refractivity (Wildman–Crippen MR) is 125 cm³/mol. The predicted octanol–water partition coefficient (Wildman–Crippen LogP) is 5.34. The van der Waals surface area contributed by atoms with E-state index < -0.39 is 0 Å². The summed E-state index contributed by atoms with van der Waals surface area (Å²) in [6, 6.07) is 18.7. The van der Waals surface area contributed by atoms with Crippen LogP contribution in [0.25, 0.3) is 22.5 Å². The summed E-state index contributed by atoms with van der Waals surface area (Å²) in [6.07, 6.45) is 1.71. The Morgan fingerprint density at radius 1 is 0.968 bits per heavy atom. The normalized spacial score (nSPS) is 11.0. The van der Waals surface area contributed by atoms with E-state index in [0.29, 0.717) is 5.82 Å². The number of aromatic amines is 1. The zero-order valence-electron chi connectivity index (χ0n) is 17.9. The average molecular weight is 433 g/mol. The van der Waals surface area contributed by atoms with Crippen LogP contribution in [0.5, 0.6) is 0 Å². The number of anilines is 1. The zero-order chi connectivity index (χ0) is 21.8. The quantitative estimate of drug-likeness (QED) is 0.426. The Hall–Kier alpha value is -3.25. The minimum atomic E-state index is 0.588. The molecule has 0 saturated carbocycles. The summed E-state index contributed by atoms with van der Waals surface area (Å²) in [4.78, 5) is 6.84. The molecule has 1 N–H and O–H groups in total. The molecule has 31 heavy (non-hydrogen) atoms. The van der Waals surface area contributed by atoms with E-state index >= 15 is 0 Å². The Morgan fingerprint density at radius 2 is 1.71 bits per heavy atom. The highest BCUT2D eigenvalue weighted by molar-refractivity contribution is 6.33. The number of halogens is 1. The summed E-state index contributed by atoms with van der Waals surface area (Å²) in [5.74, 6) is 0.588. The number of aryl methyl sites for hydroxylation is 2. The molecule has 0 aliphatic heterocycles. The SMILES string of the molecule is CCc1cc(N(C)Cc2ccc(-c3ccccc3-c3nn[nH]n3)cc2)c(Cl)c(CC)n1. The third kappa shape index (κ3) is 4.44. The number of pyridine rings is 1. The van der Waals surface area contributed by atoms with E-state index in [1.54, 1.807) is 0 Å². The molecule has 7 heteroatoms. The van der Waals surface area contributed by atoms with Gasteiger partial charge in [0.25, 0.3) is 0 Å². The van der Waals surface area contributed by atoms with Crippen molar-refractivity contribution in [1.29, 1.82) is 0 Å². The Bertz CT molecular complexity index is 1160. The molecule has 4 aromatic rings. The number of H-pyrrole nitrogens is 1. The molecule has 0 radical (unpaired) electrons. The lowest BCUT2D eigenvalue weighted by Crippen LogP contribution is -2.18. The Balaban J connectivity index is 1.58. The van der Waals surface area contributed by atoms with Crippen LogP contribution in [0.2, 0.25) is 5.02 Å². The van der Waals surface area contributed by atoms with Gasteiger partial charge in [0.15, 0.2) is 0 Å². The molecule has 6 nitrogen and oxygen atoms in total. The second-order valence-electron chi connectivity index (χ2n) is 7.43. The number of nitrogens with zero attached hydrogens (tertiary/aromatic N) is 5. The van der Waals surface area contributed by atoms with Crippen LogP contribution in [-0.4, -0.2) is 32.7 Å². The van der Waals surface area contributed by atoms with Gasteiger partial charge in [-0.05, 0) is 40.8 Å². The maximum Gasteiger partial charge on any atom is 0.205 e. The molecule has 2 heterocycles. The fourth-order valence-corrected chi connectivity index (χ4v) is 4.05. The van der Waals surface area contributed by atoms with E-state index in [1.165, 1.54) is 5.56 Å². The monoisotopic (exact) mass is 432 g/mol.